The zero-order valence-electron chi connectivity index (χ0n) is 17.4. The number of nitrogens with one attached hydrogen (secondary N) is 1. The van der Waals surface area contributed by atoms with Crippen molar-refractivity contribution in [3.8, 4) is 11.4 Å². The van der Waals surface area contributed by atoms with Gasteiger partial charge in [0.25, 0.3) is 0 Å². The molecule has 1 atom stereocenters. The lowest BCUT2D eigenvalue weighted by atomic mass is 9.85. The van der Waals surface area contributed by atoms with E-state index in [2.05, 4.69) is 10.4 Å². The lowest BCUT2D eigenvalue weighted by Gasteiger charge is -2.23. The van der Waals surface area contributed by atoms with E-state index >= 15 is 0 Å². The van der Waals surface area contributed by atoms with Gasteiger partial charge >= 0.3 is 0 Å². The van der Waals surface area contributed by atoms with Crippen molar-refractivity contribution >= 4 is 17.5 Å². The molecule has 1 N–H and O–H groups in total. The summed E-state index contributed by atoms with van der Waals surface area (Å²) < 4.78 is 7.31. The summed E-state index contributed by atoms with van der Waals surface area (Å²) in [5.41, 5.74) is 4.07. The highest BCUT2D eigenvalue weighted by Gasteiger charge is 2.36. The first-order valence-electron chi connectivity index (χ1n) is 10.2. The van der Waals surface area contributed by atoms with Gasteiger partial charge in [0.05, 0.1) is 23.9 Å². The highest BCUT2D eigenvalue weighted by Crippen LogP contribution is 2.38. The van der Waals surface area contributed by atoms with Crippen LogP contribution in [0.2, 0.25) is 0 Å². The normalized spacial score (nSPS) is 15.4. The number of hydrogen-bond acceptors (Lipinski definition) is 4. The topological polar surface area (TPSA) is 73.2 Å². The largest absolute Gasteiger partial charge is 0.494 e. The van der Waals surface area contributed by atoms with E-state index < -0.39 is 5.92 Å². The predicted molar refractivity (Wildman–Crippen MR) is 116 cm³/mol. The maximum atomic E-state index is 13.3. The number of rotatable bonds is 6. The third kappa shape index (κ3) is 3.73. The van der Waals surface area contributed by atoms with Gasteiger partial charge in [-0.15, -0.1) is 0 Å². The van der Waals surface area contributed by atoms with E-state index in [0.717, 1.165) is 34.7 Å². The number of benzene rings is 2. The number of Topliss-reactive ketones (excluding diaryl/α,β-unsaturated/α-hetero) is 1. The molecule has 0 saturated carbocycles. The van der Waals surface area contributed by atoms with Crippen LogP contribution in [0.3, 0.4) is 0 Å². The average molecular weight is 403 g/mol. The fourth-order valence-electron chi connectivity index (χ4n) is 3.78. The molecule has 6 nitrogen and oxygen atoms in total. The summed E-state index contributed by atoms with van der Waals surface area (Å²) in [4.78, 5) is 25.8. The van der Waals surface area contributed by atoms with E-state index in [1.54, 1.807) is 28.9 Å². The summed E-state index contributed by atoms with van der Waals surface area (Å²) in [5.74, 6) is 0.486. The minimum Gasteiger partial charge on any atom is -0.494 e. The van der Waals surface area contributed by atoms with Crippen LogP contribution in [0.25, 0.3) is 5.69 Å². The molecule has 0 saturated heterocycles. The van der Waals surface area contributed by atoms with Crippen LogP contribution in [0.15, 0.2) is 48.5 Å². The molecule has 0 radical (unpaired) electrons. The SMILES string of the molecule is CCCOc1ccc(C(=O)[C@@H]2CC(=O)Nc3c2c(C)nn3-c2ccc(C)cc2)cc1. The Morgan fingerprint density at radius 3 is 2.50 bits per heavy atom. The van der Waals surface area contributed by atoms with Crippen molar-refractivity contribution in [3.05, 3.63) is 70.9 Å². The van der Waals surface area contributed by atoms with Crippen LogP contribution < -0.4 is 10.1 Å². The maximum absolute atomic E-state index is 13.3. The minimum atomic E-state index is -0.560. The first-order chi connectivity index (χ1) is 14.5. The first kappa shape index (κ1) is 19.9. The number of aromatic nitrogens is 2. The van der Waals surface area contributed by atoms with Gasteiger partial charge in [-0.1, -0.05) is 24.6 Å². The number of ketones is 1. The van der Waals surface area contributed by atoms with Crippen LogP contribution in [-0.4, -0.2) is 28.1 Å². The Bertz CT molecular complexity index is 1080. The van der Waals surface area contributed by atoms with Crippen LogP contribution >= 0.6 is 0 Å². The Balaban J connectivity index is 1.69. The second-order valence-corrected chi connectivity index (χ2v) is 7.64. The Morgan fingerprint density at radius 1 is 1.13 bits per heavy atom. The van der Waals surface area contributed by atoms with E-state index in [-0.39, 0.29) is 18.1 Å². The van der Waals surface area contributed by atoms with Gasteiger partial charge in [-0.05, 0) is 56.7 Å². The lowest BCUT2D eigenvalue weighted by molar-refractivity contribution is -0.116. The molecule has 3 aromatic rings. The molecule has 0 unspecified atom stereocenters. The van der Waals surface area contributed by atoms with Crippen molar-refractivity contribution in [1.29, 1.82) is 0 Å². The average Bonchev–Trinajstić information content (AvgIpc) is 3.08. The van der Waals surface area contributed by atoms with Crippen molar-refractivity contribution < 1.29 is 14.3 Å². The Labute approximate surface area is 175 Å². The van der Waals surface area contributed by atoms with Crippen molar-refractivity contribution in [2.45, 2.75) is 39.5 Å². The van der Waals surface area contributed by atoms with Crippen LogP contribution in [0, 0.1) is 13.8 Å². The number of anilines is 1. The summed E-state index contributed by atoms with van der Waals surface area (Å²) in [5, 5.41) is 7.55. The number of fused-ring (bicyclic) bond motifs is 1. The van der Waals surface area contributed by atoms with E-state index in [1.165, 1.54) is 0 Å². The summed E-state index contributed by atoms with van der Waals surface area (Å²) >= 11 is 0. The molecular formula is C24H25N3O3. The minimum absolute atomic E-state index is 0.0836. The molecular weight excluding hydrogens is 378 g/mol. The van der Waals surface area contributed by atoms with Gasteiger partial charge in [0.2, 0.25) is 5.91 Å². The maximum Gasteiger partial charge on any atom is 0.226 e. The molecule has 2 aromatic carbocycles. The number of ether oxygens (including phenoxy) is 1. The van der Waals surface area contributed by atoms with Gasteiger partial charge < -0.3 is 10.1 Å². The summed E-state index contributed by atoms with van der Waals surface area (Å²) in [6.07, 6.45) is 1.03. The third-order valence-corrected chi connectivity index (χ3v) is 5.31. The number of carbonyl (C=O) groups is 2. The summed E-state index contributed by atoms with van der Waals surface area (Å²) in [6.45, 7) is 6.57. The van der Waals surface area contributed by atoms with Crippen LogP contribution in [0.1, 0.15) is 52.9 Å². The van der Waals surface area contributed by atoms with Crippen molar-refractivity contribution in [1.82, 2.24) is 9.78 Å². The van der Waals surface area contributed by atoms with Gasteiger partial charge in [-0.25, -0.2) is 4.68 Å². The Morgan fingerprint density at radius 2 is 1.83 bits per heavy atom. The molecule has 0 aliphatic carbocycles. The molecule has 0 bridgehead atoms. The predicted octanol–water partition coefficient (Wildman–Crippen LogP) is 4.59. The Hall–Kier alpha value is -3.41. The second kappa shape index (κ2) is 8.14. The number of amides is 1. The van der Waals surface area contributed by atoms with Gasteiger partial charge in [-0.3, -0.25) is 9.59 Å². The molecule has 0 spiro atoms. The van der Waals surface area contributed by atoms with Crippen LogP contribution in [0.4, 0.5) is 5.82 Å². The molecule has 0 fully saturated rings. The molecule has 1 aromatic heterocycles. The van der Waals surface area contributed by atoms with Crippen LogP contribution in [0.5, 0.6) is 5.75 Å². The zero-order valence-corrected chi connectivity index (χ0v) is 17.4. The van der Waals surface area contributed by atoms with E-state index in [0.29, 0.717) is 18.0 Å². The smallest absolute Gasteiger partial charge is 0.226 e. The molecule has 30 heavy (non-hydrogen) atoms. The molecule has 1 aliphatic heterocycles. The zero-order chi connectivity index (χ0) is 21.3. The number of carbonyl (C=O) groups excluding carboxylic acids is 2. The quantitative estimate of drug-likeness (QED) is 0.611. The molecule has 1 amide bonds. The lowest BCUT2D eigenvalue weighted by Crippen LogP contribution is -2.28. The third-order valence-electron chi connectivity index (χ3n) is 5.31. The van der Waals surface area contributed by atoms with Gasteiger partial charge in [0.1, 0.15) is 11.6 Å². The monoisotopic (exact) mass is 403 g/mol. The number of aryl methyl sites for hydroxylation is 2. The highest BCUT2D eigenvalue weighted by molar-refractivity contribution is 6.08. The summed E-state index contributed by atoms with van der Waals surface area (Å²) in [7, 11) is 0. The molecule has 4 rings (SSSR count). The molecule has 2 heterocycles. The first-order valence-corrected chi connectivity index (χ1v) is 10.2. The standard InChI is InChI=1S/C24H25N3O3/c1-4-13-30-19-11-7-17(8-12-19)23(29)20-14-21(28)25-24-22(20)16(3)26-27(24)18-9-5-15(2)6-10-18/h5-12,20H,4,13-14H2,1-3H3,(H,25,28)/t20-/m1/s1. The van der Waals surface area contributed by atoms with E-state index in [9.17, 15) is 9.59 Å². The second-order valence-electron chi connectivity index (χ2n) is 7.64. The van der Waals surface area contributed by atoms with Gasteiger partial charge in [0, 0.05) is 17.5 Å². The molecule has 6 heteroatoms. The molecule has 154 valence electrons. The van der Waals surface area contributed by atoms with Crippen molar-refractivity contribution in [3.63, 3.8) is 0 Å². The van der Waals surface area contributed by atoms with Gasteiger partial charge in [-0.2, -0.15) is 5.10 Å². The van der Waals surface area contributed by atoms with Crippen LogP contribution in [-0.2, 0) is 4.79 Å². The highest BCUT2D eigenvalue weighted by atomic mass is 16.5. The van der Waals surface area contributed by atoms with E-state index in [1.807, 2.05) is 45.0 Å². The number of hydrogen-bond donors (Lipinski definition) is 1. The van der Waals surface area contributed by atoms with E-state index in [4.69, 9.17) is 4.74 Å². The Kier molecular flexibility index (Phi) is 5.40. The van der Waals surface area contributed by atoms with Crippen molar-refractivity contribution in [2.75, 3.05) is 11.9 Å². The van der Waals surface area contributed by atoms with Crippen molar-refractivity contribution in [2.24, 2.45) is 0 Å². The van der Waals surface area contributed by atoms with Gasteiger partial charge in [0.15, 0.2) is 5.78 Å². The fourth-order valence-corrected chi connectivity index (χ4v) is 3.78. The fraction of sp³-hybridized carbons (Fsp3) is 0.292. The number of nitrogens with zero attached hydrogens (tertiary/aromatic N) is 2. The summed E-state index contributed by atoms with van der Waals surface area (Å²) in [6, 6.07) is 15.0. The molecule has 1 aliphatic rings.